The first-order valence-electron chi connectivity index (χ1n) is 5.81. The smallest absolute Gasteiger partial charge is 0.139 e. The van der Waals surface area contributed by atoms with Gasteiger partial charge in [-0.1, -0.05) is 13.8 Å². The van der Waals surface area contributed by atoms with E-state index in [-0.39, 0.29) is 11.7 Å². The summed E-state index contributed by atoms with van der Waals surface area (Å²) in [6.45, 7) is 4.05. The molecule has 0 spiro atoms. The van der Waals surface area contributed by atoms with E-state index in [1.807, 2.05) is 13.8 Å². The van der Waals surface area contributed by atoms with Gasteiger partial charge in [0.15, 0.2) is 0 Å². The standard InChI is InChI=1S/C13H14FIN4/c1-7(2)11-12(16)17-6-18-13(11)19-10-4-3-8(14)5-9(10)15/h3-7H,1-2H3,(H3,16,17,18,19). The van der Waals surface area contributed by atoms with Crippen molar-refractivity contribution < 1.29 is 4.39 Å². The van der Waals surface area contributed by atoms with Crippen LogP contribution in [0.3, 0.4) is 0 Å². The van der Waals surface area contributed by atoms with Crippen molar-refractivity contribution in [2.45, 2.75) is 19.8 Å². The molecular formula is C13H14FIN4. The minimum atomic E-state index is -0.263. The van der Waals surface area contributed by atoms with E-state index in [1.54, 1.807) is 6.07 Å². The van der Waals surface area contributed by atoms with Crippen LogP contribution in [0, 0.1) is 9.39 Å². The van der Waals surface area contributed by atoms with Gasteiger partial charge in [-0.2, -0.15) is 0 Å². The third kappa shape index (κ3) is 3.12. The number of nitrogens with zero attached hydrogens (tertiary/aromatic N) is 2. The maximum Gasteiger partial charge on any atom is 0.139 e. The molecule has 100 valence electrons. The van der Waals surface area contributed by atoms with Crippen molar-refractivity contribution in [3.63, 3.8) is 0 Å². The molecule has 1 aromatic carbocycles. The molecule has 19 heavy (non-hydrogen) atoms. The molecule has 0 amide bonds. The Hall–Kier alpha value is -1.44. The van der Waals surface area contributed by atoms with Crippen LogP contribution in [0.5, 0.6) is 0 Å². The highest BCUT2D eigenvalue weighted by atomic mass is 127. The van der Waals surface area contributed by atoms with E-state index in [9.17, 15) is 4.39 Å². The van der Waals surface area contributed by atoms with Gasteiger partial charge in [0, 0.05) is 9.13 Å². The Balaban J connectivity index is 2.41. The Kier molecular flexibility index (Phi) is 4.18. The van der Waals surface area contributed by atoms with Crippen molar-refractivity contribution in [3.8, 4) is 0 Å². The first kappa shape index (κ1) is 14.0. The number of halogens is 2. The maximum absolute atomic E-state index is 13.1. The number of anilines is 3. The summed E-state index contributed by atoms with van der Waals surface area (Å²) >= 11 is 2.07. The summed E-state index contributed by atoms with van der Waals surface area (Å²) in [6, 6.07) is 4.55. The van der Waals surface area contributed by atoms with E-state index in [2.05, 4.69) is 37.9 Å². The summed E-state index contributed by atoms with van der Waals surface area (Å²) in [6.07, 6.45) is 1.42. The van der Waals surface area contributed by atoms with Gasteiger partial charge in [0.2, 0.25) is 0 Å². The van der Waals surface area contributed by atoms with Crippen molar-refractivity contribution in [2.75, 3.05) is 11.1 Å². The Bertz CT molecular complexity index is 601. The fraction of sp³-hybridized carbons (Fsp3) is 0.231. The van der Waals surface area contributed by atoms with Crippen molar-refractivity contribution in [1.82, 2.24) is 9.97 Å². The fourth-order valence-corrected chi connectivity index (χ4v) is 2.41. The van der Waals surface area contributed by atoms with Crippen LogP contribution in [0.4, 0.5) is 21.7 Å². The number of hydrogen-bond donors (Lipinski definition) is 2. The van der Waals surface area contributed by atoms with Crippen molar-refractivity contribution in [3.05, 3.63) is 39.5 Å². The number of benzene rings is 1. The third-order valence-electron chi connectivity index (χ3n) is 2.68. The monoisotopic (exact) mass is 372 g/mol. The molecule has 0 fully saturated rings. The van der Waals surface area contributed by atoms with Gasteiger partial charge in [0.25, 0.3) is 0 Å². The van der Waals surface area contributed by atoms with E-state index >= 15 is 0 Å². The zero-order chi connectivity index (χ0) is 14.0. The fourth-order valence-electron chi connectivity index (χ4n) is 1.80. The first-order chi connectivity index (χ1) is 8.99. The van der Waals surface area contributed by atoms with Crippen molar-refractivity contribution in [2.24, 2.45) is 0 Å². The molecule has 0 saturated heterocycles. The van der Waals surface area contributed by atoms with E-state index in [4.69, 9.17) is 5.73 Å². The molecule has 0 aliphatic heterocycles. The number of nitrogen functional groups attached to an aromatic ring is 1. The molecule has 1 heterocycles. The van der Waals surface area contributed by atoms with Crippen molar-refractivity contribution >= 4 is 39.9 Å². The lowest BCUT2D eigenvalue weighted by atomic mass is 10.0. The lowest BCUT2D eigenvalue weighted by Crippen LogP contribution is -2.07. The van der Waals surface area contributed by atoms with Gasteiger partial charge in [-0.05, 0) is 46.7 Å². The Morgan fingerprint density at radius 1 is 1.32 bits per heavy atom. The average Bonchev–Trinajstić information content (AvgIpc) is 2.32. The average molecular weight is 372 g/mol. The topological polar surface area (TPSA) is 63.8 Å². The Labute approximate surface area is 124 Å². The molecule has 3 N–H and O–H groups in total. The van der Waals surface area contributed by atoms with E-state index in [0.717, 1.165) is 14.8 Å². The van der Waals surface area contributed by atoms with Crippen LogP contribution in [0.1, 0.15) is 25.3 Å². The minimum Gasteiger partial charge on any atom is -0.383 e. The molecule has 1 aromatic heterocycles. The third-order valence-corrected chi connectivity index (χ3v) is 3.57. The zero-order valence-electron chi connectivity index (χ0n) is 10.6. The molecule has 0 unspecified atom stereocenters. The second-order valence-corrected chi connectivity index (χ2v) is 5.59. The van der Waals surface area contributed by atoms with Crippen molar-refractivity contribution in [1.29, 1.82) is 0 Å². The predicted octanol–water partition coefficient (Wildman–Crippen LogP) is 3.67. The summed E-state index contributed by atoms with van der Waals surface area (Å²) in [5.41, 5.74) is 7.54. The maximum atomic E-state index is 13.1. The summed E-state index contributed by atoms with van der Waals surface area (Å²) in [4.78, 5) is 8.22. The number of nitrogens with two attached hydrogens (primary N) is 1. The molecule has 4 nitrogen and oxygen atoms in total. The highest BCUT2D eigenvalue weighted by Crippen LogP contribution is 2.30. The lowest BCUT2D eigenvalue weighted by Gasteiger charge is -2.15. The van der Waals surface area contributed by atoms with E-state index in [1.165, 1.54) is 18.5 Å². The van der Waals surface area contributed by atoms with E-state index < -0.39 is 0 Å². The van der Waals surface area contributed by atoms with Crippen LogP contribution in [-0.4, -0.2) is 9.97 Å². The van der Waals surface area contributed by atoms with Crippen LogP contribution in [-0.2, 0) is 0 Å². The van der Waals surface area contributed by atoms with Crippen LogP contribution >= 0.6 is 22.6 Å². The lowest BCUT2D eigenvalue weighted by molar-refractivity contribution is 0.627. The normalized spacial score (nSPS) is 10.8. The van der Waals surface area contributed by atoms with Crippen LogP contribution in [0.2, 0.25) is 0 Å². The van der Waals surface area contributed by atoms with Gasteiger partial charge in [0.1, 0.15) is 23.8 Å². The van der Waals surface area contributed by atoms with Gasteiger partial charge in [0.05, 0.1) is 5.69 Å². The number of aromatic nitrogens is 2. The number of hydrogen-bond acceptors (Lipinski definition) is 4. The quantitative estimate of drug-likeness (QED) is 0.808. The molecule has 0 bridgehead atoms. The SMILES string of the molecule is CC(C)c1c(N)ncnc1Nc1ccc(F)cc1I. The van der Waals surface area contributed by atoms with Gasteiger partial charge in [-0.15, -0.1) is 0 Å². The Morgan fingerprint density at radius 2 is 2.05 bits per heavy atom. The molecule has 0 aliphatic carbocycles. The van der Waals surface area contributed by atoms with Gasteiger partial charge in [-0.25, -0.2) is 14.4 Å². The molecule has 0 aliphatic rings. The number of nitrogens with one attached hydrogen (secondary N) is 1. The molecule has 2 aromatic rings. The zero-order valence-corrected chi connectivity index (χ0v) is 12.8. The van der Waals surface area contributed by atoms with Crippen LogP contribution < -0.4 is 11.1 Å². The predicted molar refractivity (Wildman–Crippen MR) is 82.9 cm³/mol. The van der Waals surface area contributed by atoms with E-state index in [0.29, 0.717) is 11.6 Å². The largest absolute Gasteiger partial charge is 0.383 e. The Morgan fingerprint density at radius 3 is 2.68 bits per heavy atom. The number of rotatable bonds is 3. The molecule has 2 rings (SSSR count). The second kappa shape index (κ2) is 5.68. The molecular weight excluding hydrogens is 358 g/mol. The van der Waals surface area contributed by atoms with Crippen LogP contribution in [0.25, 0.3) is 0 Å². The molecule has 0 atom stereocenters. The highest BCUT2D eigenvalue weighted by molar-refractivity contribution is 14.1. The van der Waals surface area contributed by atoms with Gasteiger partial charge in [-0.3, -0.25) is 0 Å². The van der Waals surface area contributed by atoms with Gasteiger partial charge >= 0.3 is 0 Å². The van der Waals surface area contributed by atoms with Gasteiger partial charge < -0.3 is 11.1 Å². The summed E-state index contributed by atoms with van der Waals surface area (Å²) in [5, 5.41) is 3.18. The van der Waals surface area contributed by atoms with Crippen LogP contribution in [0.15, 0.2) is 24.5 Å². The second-order valence-electron chi connectivity index (χ2n) is 4.43. The summed E-state index contributed by atoms with van der Waals surface area (Å²) < 4.78 is 13.9. The molecule has 0 radical (unpaired) electrons. The molecule has 6 heteroatoms. The highest BCUT2D eigenvalue weighted by Gasteiger charge is 2.14. The minimum absolute atomic E-state index is 0.196. The summed E-state index contributed by atoms with van der Waals surface area (Å²) in [5.74, 6) is 1.06. The summed E-state index contributed by atoms with van der Waals surface area (Å²) in [7, 11) is 0. The molecule has 0 saturated carbocycles. The first-order valence-corrected chi connectivity index (χ1v) is 6.89.